The highest BCUT2D eigenvalue weighted by Gasteiger charge is 2.27. The fraction of sp³-hybridized carbons (Fsp3) is 0.179. The van der Waals surface area contributed by atoms with Crippen LogP contribution in [0.3, 0.4) is 0 Å². The Morgan fingerprint density at radius 1 is 0.842 bits per heavy atom. The molecule has 0 spiro atoms. The lowest BCUT2D eigenvalue weighted by Gasteiger charge is -2.26. The number of aromatic nitrogens is 1. The zero-order chi connectivity index (χ0) is 26.6. The number of rotatable bonds is 8. The van der Waals surface area contributed by atoms with Crippen LogP contribution in [-0.2, 0) is 9.53 Å². The number of anilines is 3. The molecule has 2 heterocycles. The Balaban J connectivity index is 1.31. The Bertz CT molecular complexity index is 1520. The van der Waals surface area contributed by atoms with E-state index in [1.54, 1.807) is 53.7 Å². The van der Waals surface area contributed by atoms with Crippen LogP contribution < -0.4 is 27.2 Å². The largest absolute Gasteiger partial charge is 0.378 e. The van der Waals surface area contributed by atoms with Crippen molar-refractivity contribution in [2.24, 2.45) is 5.73 Å². The van der Waals surface area contributed by atoms with Crippen LogP contribution in [-0.4, -0.2) is 48.0 Å². The maximum Gasteiger partial charge on any atom is 0.254 e. The minimum Gasteiger partial charge on any atom is -0.378 e. The summed E-state index contributed by atoms with van der Waals surface area (Å²) in [4.78, 5) is 55.1. The molecule has 2 amide bonds. The minimum atomic E-state index is -1.03. The highest BCUT2D eigenvalue weighted by molar-refractivity contribution is 5.95. The number of nitrogens with two attached hydrogens (primary N) is 1. The van der Waals surface area contributed by atoms with E-state index in [4.69, 9.17) is 10.5 Å². The van der Waals surface area contributed by atoms with Crippen molar-refractivity contribution in [3.05, 3.63) is 105 Å². The van der Waals surface area contributed by atoms with Gasteiger partial charge in [0.05, 0.1) is 13.2 Å². The molecular weight excluding hydrogens is 486 g/mol. The number of morpholine rings is 1. The minimum absolute atomic E-state index is 0.000197. The first kappa shape index (κ1) is 24.8. The van der Waals surface area contributed by atoms with Crippen LogP contribution in [0.1, 0.15) is 22.0 Å². The fourth-order valence-electron chi connectivity index (χ4n) is 4.31. The zero-order valence-electron chi connectivity index (χ0n) is 20.3. The van der Waals surface area contributed by atoms with Crippen LogP contribution >= 0.6 is 0 Å². The molecule has 10 heteroatoms. The maximum atomic E-state index is 12.7. The lowest BCUT2D eigenvalue weighted by molar-refractivity contribution is -0.118. The molecule has 5 rings (SSSR count). The van der Waals surface area contributed by atoms with E-state index in [2.05, 4.69) is 15.6 Å². The van der Waals surface area contributed by atoms with Crippen molar-refractivity contribution < 1.29 is 14.3 Å². The summed E-state index contributed by atoms with van der Waals surface area (Å²) in [5, 5.41) is 5.73. The second-order valence-corrected chi connectivity index (χ2v) is 8.85. The molecule has 1 atom stereocenters. The number of hydrogen-bond acceptors (Lipinski definition) is 8. The number of carbonyl (C=O) groups excluding carboxylic acids is 2. The summed E-state index contributed by atoms with van der Waals surface area (Å²) in [5.74, 6) is -0.728. The van der Waals surface area contributed by atoms with E-state index < -0.39 is 22.8 Å². The third kappa shape index (κ3) is 5.02. The summed E-state index contributed by atoms with van der Waals surface area (Å²) >= 11 is 0. The number of ether oxygens (including phenoxy) is 1. The Kier molecular flexibility index (Phi) is 6.96. The number of carbonyl (C=O) groups is 2. The predicted octanol–water partition coefficient (Wildman–Crippen LogP) is 2.20. The van der Waals surface area contributed by atoms with E-state index in [1.807, 2.05) is 24.3 Å². The van der Waals surface area contributed by atoms with Gasteiger partial charge in [-0.3, -0.25) is 24.2 Å². The summed E-state index contributed by atoms with van der Waals surface area (Å²) < 4.78 is 5.31. The van der Waals surface area contributed by atoms with Crippen molar-refractivity contribution in [3.8, 4) is 11.1 Å². The van der Waals surface area contributed by atoms with E-state index in [0.717, 1.165) is 11.1 Å². The summed E-state index contributed by atoms with van der Waals surface area (Å²) in [6.45, 7) is 2.24. The maximum absolute atomic E-state index is 12.7. The molecule has 4 aromatic rings. The van der Waals surface area contributed by atoms with E-state index in [0.29, 0.717) is 43.1 Å². The van der Waals surface area contributed by atoms with Gasteiger partial charge in [-0.2, -0.15) is 0 Å². The summed E-state index contributed by atoms with van der Waals surface area (Å²) in [5.41, 5.74) is 7.77. The first-order valence-corrected chi connectivity index (χ1v) is 12.1. The van der Waals surface area contributed by atoms with Gasteiger partial charge in [0.2, 0.25) is 5.91 Å². The third-order valence-electron chi connectivity index (χ3n) is 6.44. The number of benzene rings is 2. The first-order chi connectivity index (χ1) is 18.4. The average molecular weight is 512 g/mol. The zero-order valence-corrected chi connectivity index (χ0v) is 20.3. The number of nitrogens with one attached hydrogen (secondary N) is 2. The van der Waals surface area contributed by atoms with Crippen molar-refractivity contribution >= 4 is 28.9 Å². The Labute approximate surface area is 217 Å². The molecule has 10 nitrogen and oxygen atoms in total. The SMILES string of the molecule is NC(=O)C(Nc1c(Nc2ccncc2)c(=O)c1=O)c1ccc(-c2ccc(C(=O)N3CCOCC3)cc2)cc1. The lowest BCUT2D eigenvalue weighted by Crippen LogP contribution is -2.40. The second-order valence-electron chi connectivity index (χ2n) is 8.85. The summed E-state index contributed by atoms with van der Waals surface area (Å²) in [6, 6.07) is 16.7. The molecule has 4 N–H and O–H groups in total. The van der Waals surface area contributed by atoms with Gasteiger partial charge in [-0.05, 0) is 41.0 Å². The van der Waals surface area contributed by atoms with Crippen LogP contribution in [0.25, 0.3) is 11.1 Å². The molecule has 0 aliphatic carbocycles. The first-order valence-electron chi connectivity index (χ1n) is 12.1. The molecule has 192 valence electrons. The molecule has 3 aromatic carbocycles. The molecule has 0 radical (unpaired) electrons. The molecule has 1 aromatic heterocycles. The van der Waals surface area contributed by atoms with E-state index in [9.17, 15) is 19.2 Å². The van der Waals surface area contributed by atoms with Crippen molar-refractivity contribution in [1.82, 2.24) is 9.88 Å². The van der Waals surface area contributed by atoms with Gasteiger partial charge in [-0.25, -0.2) is 0 Å². The molecule has 0 saturated carbocycles. The molecule has 38 heavy (non-hydrogen) atoms. The van der Waals surface area contributed by atoms with Gasteiger partial charge in [0, 0.05) is 36.7 Å². The molecule has 0 bridgehead atoms. The highest BCUT2D eigenvalue weighted by atomic mass is 16.5. The Hall–Kier alpha value is -4.83. The van der Waals surface area contributed by atoms with Gasteiger partial charge in [0.25, 0.3) is 16.8 Å². The van der Waals surface area contributed by atoms with E-state index in [-0.39, 0.29) is 17.3 Å². The Morgan fingerprint density at radius 2 is 1.42 bits per heavy atom. The summed E-state index contributed by atoms with van der Waals surface area (Å²) in [6.07, 6.45) is 3.09. The van der Waals surface area contributed by atoms with Crippen molar-refractivity contribution in [2.75, 3.05) is 36.9 Å². The smallest absolute Gasteiger partial charge is 0.254 e. The van der Waals surface area contributed by atoms with E-state index >= 15 is 0 Å². The number of hydrogen-bond donors (Lipinski definition) is 3. The van der Waals surface area contributed by atoms with Gasteiger partial charge in [-0.1, -0.05) is 36.4 Å². The summed E-state index contributed by atoms with van der Waals surface area (Å²) in [7, 11) is 0. The fourth-order valence-corrected chi connectivity index (χ4v) is 4.31. The van der Waals surface area contributed by atoms with Crippen LogP contribution in [0.2, 0.25) is 0 Å². The van der Waals surface area contributed by atoms with Crippen molar-refractivity contribution in [3.63, 3.8) is 0 Å². The molecule has 1 aliphatic rings. The molecule has 1 aliphatic heterocycles. The molecule has 1 unspecified atom stereocenters. The van der Waals surface area contributed by atoms with Gasteiger partial charge in [-0.15, -0.1) is 0 Å². The van der Waals surface area contributed by atoms with Gasteiger partial charge in [0.1, 0.15) is 17.4 Å². The molecule has 1 saturated heterocycles. The number of pyridine rings is 1. The molecule has 1 fully saturated rings. The van der Waals surface area contributed by atoms with E-state index in [1.165, 1.54) is 0 Å². The van der Waals surface area contributed by atoms with Crippen LogP contribution in [0.5, 0.6) is 0 Å². The lowest BCUT2D eigenvalue weighted by atomic mass is 9.99. The molecular formula is C28H25N5O5. The standard InChI is InChI=1S/C28H25N5O5/c29-27(36)22(32-24-23(25(34)26(24)35)31-21-9-11-30-12-10-21)19-5-1-17(2-6-19)18-3-7-20(8-4-18)28(37)33-13-15-38-16-14-33/h1-12,22,32H,13-16H2,(H2,29,36)(H,30,31). The van der Waals surface area contributed by atoms with Crippen molar-refractivity contribution in [2.45, 2.75) is 6.04 Å². The van der Waals surface area contributed by atoms with Gasteiger partial charge >= 0.3 is 0 Å². The highest BCUT2D eigenvalue weighted by Crippen LogP contribution is 2.27. The Morgan fingerprint density at radius 3 is 2.03 bits per heavy atom. The van der Waals surface area contributed by atoms with Gasteiger partial charge < -0.3 is 26.0 Å². The monoisotopic (exact) mass is 511 g/mol. The second kappa shape index (κ2) is 10.7. The van der Waals surface area contributed by atoms with Crippen LogP contribution in [0, 0.1) is 0 Å². The van der Waals surface area contributed by atoms with Crippen LogP contribution in [0.4, 0.5) is 17.1 Å². The van der Waals surface area contributed by atoms with Crippen molar-refractivity contribution in [1.29, 1.82) is 0 Å². The topological polar surface area (TPSA) is 144 Å². The number of nitrogens with zero attached hydrogens (tertiary/aromatic N) is 2. The average Bonchev–Trinajstić information content (AvgIpc) is 2.97. The third-order valence-corrected chi connectivity index (χ3v) is 6.44. The quantitative estimate of drug-likeness (QED) is 0.306. The normalized spacial score (nSPS) is 14.2. The van der Waals surface area contributed by atoms with Gasteiger partial charge in [0.15, 0.2) is 0 Å². The number of amides is 2. The van der Waals surface area contributed by atoms with Crippen LogP contribution in [0.15, 0.2) is 82.6 Å². The predicted molar refractivity (Wildman–Crippen MR) is 143 cm³/mol. The number of primary amides is 1.